The van der Waals surface area contributed by atoms with E-state index in [2.05, 4.69) is 316 Å². The van der Waals surface area contributed by atoms with Crippen LogP contribution in [0.5, 0.6) is 0 Å². The first-order valence-electron chi connectivity index (χ1n) is 31.5. The summed E-state index contributed by atoms with van der Waals surface area (Å²) in [4.78, 5) is 11.1. The fourth-order valence-corrected chi connectivity index (χ4v) is 16.1. The zero-order valence-corrected chi connectivity index (χ0v) is 50.3. The number of fused-ring (bicyclic) bond motifs is 15. The number of rotatable bonds is 7. The van der Waals surface area contributed by atoms with Crippen LogP contribution in [-0.2, 0) is 10.8 Å². The van der Waals surface area contributed by atoms with Crippen LogP contribution in [0, 0.1) is 0 Å². The maximum atomic E-state index is 5.58. The number of para-hydroxylation sites is 2. The standard InChI is InChI=1S/C86H58N4/c1-85(2)72-28-12-8-22-61(72)63-40-38-58(49-74(63)85)89-76-30-14-10-24-65(76)70-47-55(36-44-78(70)89)51-32-34-52(35-33-51)60-42-43-68-80-67(60)26-17-27-69(80)83-81(68)82(53-18-6-5-7-19-53)87-84(88-83)57-21-16-20-54(46-57)56-37-45-79-71(48-56)66-25-11-15-31-77(66)90(79)59-39-41-64-62-23-9-13-29-73(62)86(3,4)75(64)50-59/h5-50H,1-4H3. The van der Waals surface area contributed by atoms with Gasteiger partial charge in [0.15, 0.2) is 5.82 Å². The molecule has 0 spiro atoms. The Morgan fingerprint density at radius 2 is 0.689 bits per heavy atom. The molecule has 0 N–H and O–H groups in total. The quantitative estimate of drug-likeness (QED) is 0.159. The summed E-state index contributed by atoms with van der Waals surface area (Å²) >= 11 is 0. The lowest BCUT2D eigenvalue weighted by Gasteiger charge is -2.22. The third-order valence-electron chi connectivity index (χ3n) is 20.5. The van der Waals surface area contributed by atoms with Crippen LogP contribution in [-0.4, -0.2) is 19.1 Å². The van der Waals surface area contributed by atoms with Crippen molar-refractivity contribution in [3.8, 4) is 112 Å². The van der Waals surface area contributed by atoms with Gasteiger partial charge in [-0.25, -0.2) is 9.97 Å². The summed E-state index contributed by atoms with van der Waals surface area (Å²) in [5.41, 5.74) is 32.2. The summed E-state index contributed by atoms with van der Waals surface area (Å²) in [5.74, 6) is 0.704. The molecule has 0 aliphatic heterocycles. The molecule has 0 bridgehead atoms. The molecule has 0 fully saturated rings. The van der Waals surface area contributed by atoms with Crippen molar-refractivity contribution in [2.45, 2.75) is 38.5 Å². The van der Waals surface area contributed by atoms with Gasteiger partial charge in [0, 0.05) is 66.0 Å². The molecule has 422 valence electrons. The Labute approximate surface area is 522 Å². The van der Waals surface area contributed by atoms with E-state index in [9.17, 15) is 0 Å². The maximum Gasteiger partial charge on any atom is 0.160 e. The van der Waals surface area contributed by atoms with Gasteiger partial charge in [-0.15, -0.1) is 0 Å². The molecule has 0 saturated heterocycles. The first-order valence-corrected chi connectivity index (χ1v) is 31.5. The van der Waals surface area contributed by atoms with Gasteiger partial charge in [-0.05, 0) is 161 Å². The molecular formula is C86H58N4. The van der Waals surface area contributed by atoms with Crippen molar-refractivity contribution in [3.63, 3.8) is 0 Å². The van der Waals surface area contributed by atoms with Crippen LogP contribution in [0.4, 0.5) is 0 Å². The average molecular weight is 1150 g/mol. The minimum Gasteiger partial charge on any atom is -0.309 e. The zero-order chi connectivity index (χ0) is 59.7. The summed E-state index contributed by atoms with van der Waals surface area (Å²) in [5, 5.41) is 7.36. The molecule has 3 aliphatic carbocycles. The van der Waals surface area contributed by atoms with E-state index in [1.54, 1.807) is 0 Å². The van der Waals surface area contributed by atoms with E-state index in [0.717, 1.165) is 50.3 Å². The van der Waals surface area contributed by atoms with E-state index in [-0.39, 0.29) is 10.8 Å². The highest BCUT2D eigenvalue weighted by atomic mass is 15.0. The fraction of sp³-hybridized carbons (Fsp3) is 0.0698. The Morgan fingerprint density at radius 3 is 1.32 bits per heavy atom. The Balaban J connectivity index is 0.670. The maximum absolute atomic E-state index is 5.58. The molecule has 0 amide bonds. The van der Waals surface area contributed by atoms with E-state index >= 15 is 0 Å². The molecule has 90 heavy (non-hydrogen) atoms. The van der Waals surface area contributed by atoms with Crippen molar-refractivity contribution in [1.29, 1.82) is 0 Å². The molecule has 19 rings (SSSR count). The van der Waals surface area contributed by atoms with Gasteiger partial charge < -0.3 is 9.13 Å². The molecule has 16 aromatic rings. The SMILES string of the molecule is CC1(C)c2ccccc2-c2ccc(-n3c4ccccc4c4cc(-c5ccc(-c6ccc7c8c(cccc68)-c6nc(-c8cccc(-c9ccc%10c(c9)c9ccccc9n%10-c9ccc%10c(c9)C(C)(C)c9ccccc9-%10)c8)nc(-c8ccccc8)c6-7)cc5)ccc43)cc21. The van der Waals surface area contributed by atoms with Crippen LogP contribution in [0.15, 0.2) is 279 Å². The molecule has 3 aromatic heterocycles. The summed E-state index contributed by atoms with van der Waals surface area (Å²) in [6.45, 7) is 9.43. The summed E-state index contributed by atoms with van der Waals surface area (Å²) in [6, 6.07) is 103. The van der Waals surface area contributed by atoms with Gasteiger partial charge in [0.1, 0.15) is 0 Å². The Hall–Kier alpha value is -11.2. The second-order valence-corrected chi connectivity index (χ2v) is 26.0. The van der Waals surface area contributed by atoms with E-state index in [1.807, 2.05) is 0 Å². The van der Waals surface area contributed by atoms with Crippen molar-refractivity contribution >= 4 is 54.4 Å². The number of nitrogens with zero attached hydrogens (tertiary/aromatic N) is 4. The van der Waals surface area contributed by atoms with Gasteiger partial charge in [0.25, 0.3) is 0 Å². The third-order valence-corrected chi connectivity index (χ3v) is 20.5. The van der Waals surface area contributed by atoms with Gasteiger partial charge in [-0.1, -0.05) is 240 Å². The highest BCUT2D eigenvalue weighted by Gasteiger charge is 2.37. The molecule has 13 aromatic carbocycles. The molecule has 0 unspecified atom stereocenters. The van der Waals surface area contributed by atoms with Crippen molar-refractivity contribution in [1.82, 2.24) is 19.1 Å². The van der Waals surface area contributed by atoms with Crippen molar-refractivity contribution in [3.05, 3.63) is 301 Å². The lowest BCUT2D eigenvalue weighted by molar-refractivity contribution is 0.660. The van der Waals surface area contributed by atoms with Crippen LogP contribution in [0.3, 0.4) is 0 Å². The van der Waals surface area contributed by atoms with Crippen LogP contribution in [0.2, 0.25) is 0 Å². The Kier molecular flexibility index (Phi) is 10.6. The summed E-state index contributed by atoms with van der Waals surface area (Å²) < 4.78 is 4.90. The van der Waals surface area contributed by atoms with Crippen LogP contribution >= 0.6 is 0 Å². The van der Waals surface area contributed by atoms with E-state index < -0.39 is 0 Å². The van der Waals surface area contributed by atoms with Gasteiger partial charge >= 0.3 is 0 Å². The number of hydrogen-bond donors (Lipinski definition) is 0. The van der Waals surface area contributed by atoms with E-state index in [4.69, 9.17) is 9.97 Å². The molecule has 0 atom stereocenters. The Bertz CT molecular complexity index is 5770. The molecular weight excluding hydrogens is 1090 g/mol. The van der Waals surface area contributed by atoms with Crippen molar-refractivity contribution in [2.24, 2.45) is 0 Å². The minimum atomic E-state index is -0.0957. The smallest absolute Gasteiger partial charge is 0.160 e. The normalized spacial score (nSPS) is 13.7. The topological polar surface area (TPSA) is 35.6 Å². The second-order valence-electron chi connectivity index (χ2n) is 26.0. The van der Waals surface area contributed by atoms with Crippen LogP contribution < -0.4 is 0 Å². The minimum absolute atomic E-state index is 0.0833. The van der Waals surface area contributed by atoms with Gasteiger partial charge in [-0.3, -0.25) is 0 Å². The van der Waals surface area contributed by atoms with Gasteiger partial charge in [-0.2, -0.15) is 0 Å². The summed E-state index contributed by atoms with van der Waals surface area (Å²) in [7, 11) is 0. The van der Waals surface area contributed by atoms with Crippen LogP contribution in [0.1, 0.15) is 49.9 Å². The first-order chi connectivity index (χ1) is 44.1. The zero-order valence-electron chi connectivity index (χ0n) is 50.3. The monoisotopic (exact) mass is 1150 g/mol. The second kappa shape index (κ2) is 18.7. The molecule has 3 aliphatic rings. The van der Waals surface area contributed by atoms with Crippen LogP contribution in [0.25, 0.3) is 166 Å². The fourth-order valence-electron chi connectivity index (χ4n) is 16.1. The highest BCUT2D eigenvalue weighted by molar-refractivity contribution is 6.20. The highest BCUT2D eigenvalue weighted by Crippen LogP contribution is 2.54. The molecule has 0 saturated carbocycles. The predicted octanol–water partition coefficient (Wildman–Crippen LogP) is 22.4. The average Bonchev–Trinajstić information content (AvgIpc) is 1.61. The largest absolute Gasteiger partial charge is 0.309 e. The van der Waals surface area contributed by atoms with Crippen molar-refractivity contribution < 1.29 is 0 Å². The number of aromatic nitrogens is 4. The van der Waals surface area contributed by atoms with E-state index in [0.29, 0.717) is 5.82 Å². The first kappa shape index (κ1) is 50.9. The van der Waals surface area contributed by atoms with E-state index in [1.165, 1.54) is 133 Å². The summed E-state index contributed by atoms with van der Waals surface area (Å²) in [6.07, 6.45) is 0. The Morgan fingerprint density at radius 1 is 0.256 bits per heavy atom. The number of benzene rings is 13. The van der Waals surface area contributed by atoms with Crippen molar-refractivity contribution in [2.75, 3.05) is 0 Å². The lowest BCUT2D eigenvalue weighted by Crippen LogP contribution is -2.15. The molecule has 4 nitrogen and oxygen atoms in total. The van der Waals surface area contributed by atoms with Gasteiger partial charge in [0.2, 0.25) is 0 Å². The molecule has 3 heterocycles. The third kappa shape index (κ3) is 7.19. The molecule has 0 radical (unpaired) electrons. The number of hydrogen-bond acceptors (Lipinski definition) is 2. The lowest BCUT2D eigenvalue weighted by atomic mass is 9.82. The van der Waals surface area contributed by atoms with Gasteiger partial charge in [0.05, 0.1) is 33.5 Å². The molecule has 4 heteroatoms. The predicted molar refractivity (Wildman–Crippen MR) is 375 cm³/mol.